The van der Waals surface area contributed by atoms with Gasteiger partial charge in [-0.1, -0.05) is 0 Å². The number of aryl methyl sites for hydroxylation is 1. The van der Waals surface area contributed by atoms with Crippen LogP contribution in [0.4, 0.5) is 0 Å². The smallest absolute Gasteiger partial charge is 0.230 e. The van der Waals surface area contributed by atoms with Gasteiger partial charge in [0, 0.05) is 31.5 Å². The summed E-state index contributed by atoms with van der Waals surface area (Å²) in [5.41, 5.74) is 1.34. The quantitative estimate of drug-likeness (QED) is 0.854. The molecule has 7 heteroatoms. The van der Waals surface area contributed by atoms with Gasteiger partial charge in [-0.15, -0.1) is 10.2 Å². The molecule has 0 spiro atoms. The molecule has 2 aromatic rings. The maximum Gasteiger partial charge on any atom is 0.230 e. The summed E-state index contributed by atoms with van der Waals surface area (Å²) in [4.78, 5) is 2.40. The van der Waals surface area contributed by atoms with Crippen molar-refractivity contribution in [1.29, 1.82) is 0 Å². The summed E-state index contributed by atoms with van der Waals surface area (Å²) in [6.07, 6.45) is 6.34. The summed E-state index contributed by atoms with van der Waals surface area (Å²) >= 11 is 0. The minimum atomic E-state index is 0.274. The van der Waals surface area contributed by atoms with E-state index in [1.54, 1.807) is 0 Å². The predicted octanol–water partition coefficient (Wildman–Crippen LogP) is 2.08. The van der Waals surface area contributed by atoms with Crippen molar-refractivity contribution in [3.8, 4) is 0 Å². The van der Waals surface area contributed by atoms with Crippen molar-refractivity contribution in [3.05, 3.63) is 29.7 Å². The van der Waals surface area contributed by atoms with Gasteiger partial charge in [0.05, 0.1) is 19.1 Å². The first-order valence-electron chi connectivity index (χ1n) is 8.90. The van der Waals surface area contributed by atoms with Crippen molar-refractivity contribution >= 4 is 0 Å². The highest BCUT2D eigenvalue weighted by atomic mass is 16.5. The highest BCUT2D eigenvalue weighted by Crippen LogP contribution is 2.28. The Morgan fingerprint density at radius 1 is 1.17 bits per heavy atom. The monoisotopic (exact) mass is 331 g/mol. The minimum Gasteiger partial charge on any atom is -0.423 e. The minimum absolute atomic E-state index is 0.274. The van der Waals surface area contributed by atoms with Crippen LogP contribution in [0.15, 0.2) is 16.7 Å². The third kappa shape index (κ3) is 3.37. The number of piperidine rings is 1. The van der Waals surface area contributed by atoms with Crippen LogP contribution in [0.5, 0.6) is 0 Å². The Labute approximate surface area is 142 Å². The Balaban J connectivity index is 1.31. The summed E-state index contributed by atoms with van der Waals surface area (Å²) < 4.78 is 13.4. The summed E-state index contributed by atoms with van der Waals surface area (Å²) in [6, 6.07) is 2.14. The Bertz CT molecular complexity index is 653. The van der Waals surface area contributed by atoms with Gasteiger partial charge >= 0.3 is 0 Å². The van der Waals surface area contributed by atoms with Gasteiger partial charge in [0.1, 0.15) is 0 Å². The van der Waals surface area contributed by atoms with E-state index in [9.17, 15) is 0 Å². The van der Waals surface area contributed by atoms with Crippen molar-refractivity contribution in [2.75, 3.05) is 26.3 Å². The average Bonchev–Trinajstić information content (AvgIpc) is 3.26. The van der Waals surface area contributed by atoms with Crippen LogP contribution in [0, 0.1) is 0 Å². The molecule has 0 radical (unpaired) electrons. The predicted molar refractivity (Wildman–Crippen MR) is 87.6 cm³/mol. The van der Waals surface area contributed by atoms with E-state index in [0.717, 1.165) is 63.7 Å². The van der Waals surface area contributed by atoms with Crippen LogP contribution < -0.4 is 0 Å². The van der Waals surface area contributed by atoms with Crippen LogP contribution in [-0.2, 0) is 18.3 Å². The molecule has 2 aliphatic rings. The fourth-order valence-corrected chi connectivity index (χ4v) is 3.79. The third-order valence-corrected chi connectivity index (χ3v) is 5.22. The van der Waals surface area contributed by atoms with Crippen molar-refractivity contribution in [2.45, 2.75) is 44.1 Å². The molecule has 2 saturated heterocycles. The zero-order valence-corrected chi connectivity index (χ0v) is 14.2. The highest BCUT2D eigenvalue weighted by Gasteiger charge is 2.25. The zero-order valence-electron chi connectivity index (χ0n) is 14.2. The van der Waals surface area contributed by atoms with Crippen molar-refractivity contribution in [1.82, 2.24) is 24.9 Å². The second-order valence-corrected chi connectivity index (χ2v) is 6.88. The number of likely N-dealkylation sites (tertiary alicyclic amines) is 1. The van der Waals surface area contributed by atoms with Crippen LogP contribution in [-0.4, -0.2) is 51.2 Å². The molecular weight excluding hydrogens is 306 g/mol. The molecule has 2 aliphatic heterocycles. The van der Waals surface area contributed by atoms with Crippen LogP contribution >= 0.6 is 0 Å². The molecular formula is C17H25N5O2. The van der Waals surface area contributed by atoms with Crippen LogP contribution in [0.2, 0.25) is 0 Å². The van der Waals surface area contributed by atoms with Crippen LogP contribution in [0.25, 0.3) is 0 Å². The Morgan fingerprint density at radius 2 is 2.04 bits per heavy atom. The van der Waals surface area contributed by atoms with Crippen molar-refractivity contribution in [3.63, 3.8) is 0 Å². The molecule has 1 atom stereocenters. The summed E-state index contributed by atoms with van der Waals surface area (Å²) in [6.45, 7) is 4.42. The number of rotatable bonds is 4. The topological polar surface area (TPSA) is 69.2 Å². The molecule has 4 rings (SSSR count). The van der Waals surface area contributed by atoms with Crippen molar-refractivity contribution < 1.29 is 9.15 Å². The average molecular weight is 331 g/mol. The van der Waals surface area contributed by atoms with E-state index in [0.29, 0.717) is 12.5 Å². The lowest BCUT2D eigenvalue weighted by molar-refractivity contribution is 0.0716. The summed E-state index contributed by atoms with van der Waals surface area (Å²) in [5, 5.41) is 12.8. The van der Waals surface area contributed by atoms with Gasteiger partial charge in [-0.05, 0) is 44.8 Å². The number of ether oxygens (including phenoxy) is 1. The lowest BCUT2D eigenvalue weighted by Crippen LogP contribution is -2.33. The maximum absolute atomic E-state index is 5.89. The first-order chi connectivity index (χ1) is 11.8. The Morgan fingerprint density at radius 3 is 2.75 bits per heavy atom. The largest absolute Gasteiger partial charge is 0.423 e. The number of nitrogens with zero attached hydrogens (tertiary/aromatic N) is 5. The van der Waals surface area contributed by atoms with Crippen LogP contribution in [0.3, 0.4) is 0 Å². The molecule has 0 bridgehead atoms. The number of hydrogen-bond acceptors (Lipinski definition) is 6. The first-order valence-corrected chi connectivity index (χ1v) is 8.90. The SMILES string of the molecule is Cn1nccc1C1CCN(Cc2nnc(C3CCCOC3)o2)CC1. The lowest BCUT2D eigenvalue weighted by atomic mass is 9.93. The standard InChI is InChI=1S/C17H25N5O2/c1-21-15(4-7-18-21)13-5-8-22(9-6-13)11-16-19-20-17(24-16)14-3-2-10-23-12-14/h4,7,13-14H,2-3,5-6,8-12H2,1H3. The second-order valence-electron chi connectivity index (χ2n) is 6.88. The molecule has 0 aliphatic carbocycles. The Kier molecular flexibility index (Phi) is 4.62. The molecule has 130 valence electrons. The Hall–Kier alpha value is -1.73. The van der Waals surface area contributed by atoms with E-state index in [1.807, 2.05) is 17.9 Å². The molecule has 4 heterocycles. The molecule has 1 unspecified atom stereocenters. The van der Waals surface area contributed by atoms with Gasteiger partial charge in [0.25, 0.3) is 0 Å². The number of aromatic nitrogens is 4. The molecule has 24 heavy (non-hydrogen) atoms. The van der Waals surface area contributed by atoms with E-state index in [2.05, 4.69) is 26.3 Å². The van der Waals surface area contributed by atoms with E-state index in [4.69, 9.17) is 9.15 Å². The van der Waals surface area contributed by atoms with Gasteiger partial charge < -0.3 is 9.15 Å². The summed E-state index contributed by atoms with van der Waals surface area (Å²) in [5.74, 6) is 2.35. The molecule has 0 saturated carbocycles. The summed E-state index contributed by atoms with van der Waals surface area (Å²) in [7, 11) is 2.02. The zero-order chi connectivity index (χ0) is 16.4. The fraction of sp³-hybridized carbons (Fsp3) is 0.706. The first kappa shape index (κ1) is 15.8. The van der Waals surface area contributed by atoms with Gasteiger partial charge in [-0.2, -0.15) is 5.10 Å². The van der Waals surface area contributed by atoms with Gasteiger partial charge in [0.15, 0.2) is 0 Å². The van der Waals surface area contributed by atoms with E-state index >= 15 is 0 Å². The lowest BCUT2D eigenvalue weighted by Gasteiger charge is -2.30. The third-order valence-electron chi connectivity index (χ3n) is 5.22. The second kappa shape index (κ2) is 7.03. The molecule has 2 aromatic heterocycles. The van der Waals surface area contributed by atoms with Gasteiger partial charge in [-0.25, -0.2) is 0 Å². The van der Waals surface area contributed by atoms with Crippen molar-refractivity contribution in [2.24, 2.45) is 7.05 Å². The van der Waals surface area contributed by atoms with Gasteiger partial charge in [-0.3, -0.25) is 9.58 Å². The van der Waals surface area contributed by atoms with Crippen LogP contribution in [0.1, 0.15) is 55.0 Å². The molecule has 7 nitrogen and oxygen atoms in total. The van der Waals surface area contributed by atoms with E-state index in [1.165, 1.54) is 5.69 Å². The van der Waals surface area contributed by atoms with Gasteiger partial charge in [0.2, 0.25) is 11.8 Å². The highest BCUT2D eigenvalue weighted by molar-refractivity contribution is 5.08. The fourth-order valence-electron chi connectivity index (χ4n) is 3.79. The van der Waals surface area contributed by atoms with E-state index < -0.39 is 0 Å². The maximum atomic E-state index is 5.89. The molecule has 0 amide bonds. The molecule has 0 aromatic carbocycles. The van der Waals surface area contributed by atoms with E-state index in [-0.39, 0.29) is 5.92 Å². The number of hydrogen-bond donors (Lipinski definition) is 0. The molecule has 2 fully saturated rings. The normalized spacial score (nSPS) is 23.6. The molecule has 0 N–H and O–H groups in total.